The van der Waals surface area contributed by atoms with Gasteiger partial charge in [0.15, 0.2) is 17.3 Å². The maximum Gasteiger partial charge on any atom is 0.295 e. The van der Waals surface area contributed by atoms with Crippen LogP contribution in [-0.2, 0) is 17.8 Å². The summed E-state index contributed by atoms with van der Waals surface area (Å²) >= 11 is 1.75. The number of rotatable bonds is 10. The molecular formula is C29H32N8O2S. The van der Waals surface area contributed by atoms with Crippen molar-refractivity contribution in [2.75, 3.05) is 17.7 Å². The van der Waals surface area contributed by atoms with Gasteiger partial charge in [-0.2, -0.15) is 0 Å². The van der Waals surface area contributed by atoms with Gasteiger partial charge in [0.1, 0.15) is 11.8 Å². The Hall–Kier alpha value is -3.44. The number of aromatic nitrogens is 7. The zero-order valence-corrected chi connectivity index (χ0v) is 23.4. The molecule has 1 unspecified atom stereocenters. The molecule has 7 rings (SSSR count). The van der Waals surface area contributed by atoms with E-state index in [2.05, 4.69) is 38.2 Å². The minimum atomic E-state index is -0.222. The molecule has 4 aromatic heterocycles. The zero-order chi connectivity index (χ0) is 27.1. The summed E-state index contributed by atoms with van der Waals surface area (Å²) in [6.07, 6.45) is 11.6. The first-order chi connectivity index (χ1) is 19.7. The smallest absolute Gasteiger partial charge is 0.295 e. The second-order valence-corrected chi connectivity index (χ2v) is 12.1. The first kappa shape index (κ1) is 25.5. The summed E-state index contributed by atoms with van der Waals surface area (Å²) in [5.74, 6) is 2.69. The molecule has 2 aliphatic carbocycles. The lowest BCUT2D eigenvalue weighted by Gasteiger charge is -2.17. The Morgan fingerprint density at radius 1 is 1.00 bits per heavy atom. The monoisotopic (exact) mass is 556 g/mol. The van der Waals surface area contributed by atoms with Gasteiger partial charge in [0.2, 0.25) is 0 Å². The highest BCUT2D eigenvalue weighted by atomic mass is 32.2. The number of hydrogen-bond donors (Lipinski definition) is 1. The number of anilines is 1. The second kappa shape index (κ2) is 10.9. The molecule has 1 saturated heterocycles. The highest BCUT2D eigenvalue weighted by Crippen LogP contribution is 2.48. The summed E-state index contributed by atoms with van der Waals surface area (Å²) in [6.45, 7) is 3.63. The van der Waals surface area contributed by atoms with Crippen LogP contribution >= 0.6 is 11.8 Å². The lowest BCUT2D eigenvalue weighted by molar-refractivity contribution is 0.0971. The Balaban J connectivity index is 1.28. The predicted octanol–water partition coefficient (Wildman–Crippen LogP) is 4.70. The molecule has 3 aliphatic rings. The standard InChI is InChI=1S/C29H32N8O2S/c1-2-40-21-10-9-19(30-13-21)12-31-27-29(38)37(15-20-4-3-11-39-20)28-22(35-27)14-32-26(36-28)23-24(17-5-6-17)33-16-34-25(23)18-7-8-18/h9-10,13-14,16-18,20H,2-8,11-12,15H2,1H3,(H,31,35). The van der Waals surface area contributed by atoms with Crippen LogP contribution in [0.2, 0.25) is 0 Å². The highest BCUT2D eigenvalue weighted by molar-refractivity contribution is 7.99. The lowest BCUT2D eigenvalue weighted by atomic mass is 10.0. The van der Waals surface area contributed by atoms with Gasteiger partial charge in [-0.3, -0.25) is 14.3 Å². The van der Waals surface area contributed by atoms with Crippen molar-refractivity contribution in [3.8, 4) is 11.4 Å². The van der Waals surface area contributed by atoms with E-state index in [0.717, 1.165) is 71.8 Å². The Morgan fingerprint density at radius 3 is 2.45 bits per heavy atom. The van der Waals surface area contributed by atoms with Crippen LogP contribution in [-0.4, -0.2) is 52.9 Å². The molecule has 5 heterocycles. The van der Waals surface area contributed by atoms with Crippen molar-refractivity contribution >= 4 is 28.7 Å². The lowest BCUT2D eigenvalue weighted by Crippen LogP contribution is -2.30. The van der Waals surface area contributed by atoms with Crippen LogP contribution in [0.1, 0.15) is 74.4 Å². The number of nitrogens with zero attached hydrogens (tertiary/aromatic N) is 7. The van der Waals surface area contributed by atoms with Gasteiger partial charge in [0, 0.05) is 29.5 Å². The summed E-state index contributed by atoms with van der Waals surface area (Å²) in [5, 5.41) is 3.22. The molecule has 3 fully saturated rings. The van der Waals surface area contributed by atoms with Gasteiger partial charge >= 0.3 is 0 Å². The number of pyridine rings is 1. The van der Waals surface area contributed by atoms with E-state index in [-0.39, 0.29) is 17.5 Å². The van der Waals surface area contributed by atoms with Crippen molar-refractivity contribution in [1.82, 2.24) is 34.5 Å². The molecule has 40 heavy (non-hydrogen) atoms. The minimum Gasteiger partial charge on any atom is -0.376 e. The van der Waals surface area contributed by atoms with E-state index in [4.69, 9.17) is 14.7 Å². The average Bonchev–Trinajstić information content (AvgIpc) is 3.92. The molecule has 0 amide bonds. The fraction of sp³-hybridized carbons (Fsp3) is 0.483. The number of fused-ring (bicyclic) bond motifs is 1. The number of thioether (sulfide) groups is 1. The third-order valence-electron chi connectivity index (χ3n) is 7.70. The van der Waals surface area contributed by atoms with Crippen molar-refractivity contribution in [2.45, 2.75) is 81.4 Å². The van der Waals surface area contributed by atoms with Crippen LogP contribution in [0.25, 0.3) is 22.6 Å². The normalized spacial score (nSPS) is 18.9. The van der Waals surface area contributed by atoms with E-state index < -0.39 is 0 Å². The number of hydrogen-bond acceptors (Lipinski definition) is 10. The Kier molecular flexibility index (Phi) is 6.92. The van der Waals surface area contributed by atoms with Crippen molar-refractivity contribution in [1.29, 1.82) is 0 Å². The van der Waals surface area contributed by atoms with Crippen molar-refractivity contribution in [2.24, 2.45) is 0 Å². The van der Waals surface area contributed by atoms with Crippen molar-refractivity contribution in [3.05, 3.63) is 58.3 Å². The molecule has 0 aromatic carbocycles. The molecule has 10 nitrogen and oxygen atoms in total. The highest BCUT2D eigenvalue weighted by Gasteiger charge is 2.35. The molecule has 1 N–H and O–H groups in total. The SMILES string of the molecule is CCSc1ccc(CNc2nc3cnc(-c4c(C5CC5)ncnc4C4CC4)nc3n(CC3CCCO3)c2=O)nc1. The largest absolute Gasteiger partial charge is 0.376 e. The first-order valence-corrected chi connectivity index (χ1v) is 15.2. The first-order valence-electron chi connectivity index (χ1n) is 14.2. The molecule has 0 bridgehead atoms. The summed E-state index contributed by atoms with van der Waals surface area (Å²) in [7, 11) is 0. The average molecular weight is 557 g/mol. The third kappa shape index (κ3) is 5.19. The van der Waals surface area contributed by atoms with Crippen LogP contribution < -0.4 is 10.9 Å². The summed E-state index contributed by atoms with van der Waals surface area (Å²) in [5.41, 5.74) is 4.70. The number of nitrogens with one attached hydrogen (secondary N) is 1. The van der Waals surface area contributed by atoms with Gasteiger partial charge < -0.3 is 10.1 Å². The van der Waals surface area contributed by atoms with E-state index in [9.17, 15) is 4.79 Å². The Bertz CT molecular complexity index is 1560. The molecule has 11 heteroatoms. The Morgan fingerprint density at radius 2 is 1.80 bits per heavy atom. The van der Waals surface area contributed by atoms with Gasteiger partial charge in [-0.05, 0) is 56.4 Å². The third-order valence-corrected chi connectivity index (χ3v) is 8.56. The molecule has 206 valence electrons. The topological polar surface area (TPSA) is 121 Å². The predicted molar refractivity (Wildman–Crippen MR) is 154 cm³/mol. The molecule has 4 aromatic rings. The van der Waals surface area contributed by atoms with Gasteiger partial charge in [0.05, 0.1) is 48.0 Å². The molecule has 0 spiro atoms. The van der Waals surface area contributed by atoms with Crippen molar-refractivity contribution in [3.63, 3.8) is 0 Å². The van der Waals surface area contributed by atoms with E-state index in [1.807, 2.05) is 12.3 Å². The van der Waals surface area contributed by atoms with E-state index in [0.29, 0.717) is 48.5 Å². The molecule has 0 radical (unpaired) electrons. The second-order valence-electron chi connectivity index (χ2n) is 10.8. The van der Waals surface area contributed by atoms with Gasteiger partial charge in [-0.1, -0.05) is 6.92 Å². The summed E-state index contributed by atoms with van der Waals surface area (Å²) in [4.78, 5) is 43.2. The van der Waals surface area contributed by atoms with Crippen LogP contribution in [0.3, 0.4) is 0 Å². The molecule has 1 atom stereocenters. The van der Waals surface area contributed by atoms with Crippen LogP contribution in [0.4, 0.5) is 5.82 Å². The van der Waals surface area contributed by atoms with Crippen LogP contribution in [0.5, 0.6) is 0 Å². The van der Waals surface area contributed by atoms with Crippen LogP contribution in [0.15, 0.2) is 40.5 Å². The zero-order valence-electron chi connectivity index (χ0n) is 22.5. The van der Waals surface area contributed by atoms with E-state index >= 15 is 0 Å². The molecule has 1 aliphatic heterocycles. The maximum atomic E-state index is 13.8. The quantitative estimate of drug-likeness (QED) is 0.275. The summed E-state index contributed by atoms with van der Waals surface area (Å²) < 4.78 is 7.62. The molecular weight excluding hydrogens is 524 g/mol. The van der Waals surface area contributed by atoms with Gasteiger partial charge in [-0.25, -0.2) is 24.9 Å². The number of ether oxygens (including phenoxy) is 1. The van der Waals surface area contributed by atoms with Crippen molar-refractivity contribution < 1.29 is 4.74 Å². The summed E-state index contributed by atoms with van der Waals surface area (Å²) in [6, 6.07) is 4.03. The van der Waals surface area contributed by atoms with Gasteiger partial charge in [0.25, 0.3) is 5.56 Å². The Labute approximate surface area is 236 Å². The minimum absolute atomic E-state index is 0.0380. The molecule has 2 saturated carbocycles. The fourth-order valence-corrected chi connectivity index (χ4v) is 5.98. The van der Waals surface area contributed by atoms with E-state index in [1.165, 1.54) is 0 Å². The fourth-order valence-electron chi connectivity index (χ4n) is 5.35. The van der Waals surface area contributed by atoms with E-state index in [1.54, 1.807) is 28.9 Å². The maximum absolute atomic E-state index is 13.8. The van der Waals surface area contributed by atoms with Crippen LogP contribution in [0, 0.1) is 0 Å². The van der Waals surface area contributed by atoms with Gasteiger partial charge in [-0.15, -0.1) is 11.8 Å².